The first-order chi connectivity index (χ1) is 16.1. The predicted octanol–water partition coefficient (Wildman–Crippen LogP) is 6.90. The Bertz CT molecular complexity index is 1360. The van der Waals surface area contributed by atoms with Crippen molar-refractivity contribution in [3.63, 3.8) is 0 Å². The van der Waals surface area contributed by atoms with E-state index in [0.29, 0.717) is 10.9 Å². The first kappa shape index (κ1) is 23.3. The van der Waals surface area contributed by atoms with Crippen molar-refractivity contribution in [2.24, 2.45) is 0 Å². The number of alkyl halides is 3. The summed E-state index contributed by atoms with van der Waals surface area (Å²) < 4.78 is 45.7. The maximum Gasteiger partial charge on any atom is 0.416 e. The lowest BCUT2D eigenvalue weighted by molar-refractivity contribution is -0.137. The third kappa shape index (κ3) is 4.89. The first-order valence-corrected chi connectivity index (χ1v) is 11.0. The van der Waals surface area contributed by atoms with Gasteiger partial charge < -0.3 is 15.2 Å². The lowest BCUT2D eigenvalue weighted by Gasteiger charge is -2.15. The summed E-state index contributed by atoms with van der Waals surface area (Å²) in [4.78, 5) is 24.1. The van der Waals surface area contributed by atoms with Gasteiger partial charge in [-0.1, -0.05) is 24.3 Å². The summed E-state index contributed by atoms with van der Waals surface area (Å²) in [6, 6.07) is 15.4. The molecule has 34 heavy (non-hydrogen) atoms. The zero-order valence-corrected chi connectivity index (χ0v) is 18.5. The van der Waals surface area contributed by atoms with Crippen molar-refractivity contribution in [1.82, 2.24) is 5.32 Å². The number of rotatable bonds is 6. The quantitative estimate of drug-likeness (QED) is 0.311. The molecule has 1 amide bonds. The number of ether oxygens (including phenoxy) is 1. The molecule has 9 heteroatoms. The van der Waals surface area contributed by atoms with Crippen molar-refractivity contribution in [3.05, 3.63) is 94.4 Å². The molecular weight excluding hydrogens is 467 g/mol. The van der Waals surface area contributed by atoms with E-state index in [1.165, 1.54) is 35.6 Å². The largest absolute Gasteiger partial charge is 0.478 e. The summed E-state index contributed by atoms with van der Waals surface area (Å²) in [5.41, 5.74) is 0.362. The van der Waals surface area contributed by atoms with E-state index in [1.807, 2.05) is 0 Å². The van der Waals surface area contributed by atoms with Gasteiger partial charge in [0.05, 0.1) is 22.7 Å². The topological polar surface area (TPSA) is 75.6 Å². The van der Waals surface area contributed by atoms with Crippen molar-refractivity contribution in [2.75, 3.05) is 0 Å². The molecule has 4 rings (SSSR count). The third-order valence-corrected chi connectivity index (χ3v) is 6.15. The van der Waals surface area contributed by atoms with Crippen LogP contribution in [0.2, 0.25) is 0 Å². The monoisotopic (exact) mass is 485 g/mol. The lowest BCUT2D eigenvalue weighted by Crippen LogP contribution is -2.26. The Morgan fingerprint density at radius 3 is 2.41 bits per heavy atom. The molecule has 0 aliphatic carbocycles. The summed E-state index contributed by atoms with van der Waals surface area (Å²) in [5.74, 6) is -1.16. The molecule has 0 aliphatic rings. The molecule has 1 heterocycles. The molecule has 1 unspecified atom stereocenters. The number of hydrogen-bond donors (Lipinski definition) is 2. The van der Waals surface area contributed by atoms with Crippen LogP contribution in [-0.2, 0) is 6.18 Å². The minimum atomic E-state index is -4.50. The average Bonchev–Trinajstić information content (AvgIpc) is 3.24. The zero-order valence-electron chi connectivity index (χ0n) is 17.7. The number of carbonyl (C=O) groups is 2. The maximum atomic E-state index is 13.1. The van der Waals surface area contributed by atoms with Gasteiger partial charge in [-0.2, -0.15) is 13.2 Å². The number of aromatic carboxylic acids is 1. The van der Waals surface area contributed by atoms with Crippen LogP contribution in [0.3, 0.4) is 0 Å². The van der Waals surface area contributed by atoms with Gasteiger partial charge in [0, 0.05) is 15.5 Å². The van der Waals surface area contributed by atoms with Crippen LogP contribution in [-0.4, -0.2) is 17.0 Å². The molecule has 1 aromatic heterocycles. The van der Waals surface area contributed by atoms with Crippen molar-refractivity contribution in [2.45, 2.75) is 19.1 Å². The van der Waals surface area contributed by atoms with E-state index in [0.717, 1.165) is 22.4 Å². The fourth-order valence-electron chi connectivity index (χ4n) is 3.44. The van der Waals surface area contributed by atoms with E-state index in [-0.39, 0.29) is 23.0 Å². The summed E-state index contributed by atoms with van der Waals surface area (Å²) in [7, 11) is 0. The number of fused-ring (bicyclic) bond motifs is 1. The minimum absolute atomic E-state index is 0.00627. The smallest absolute Gasteiger partial charge is 0.416 e. The van der Waals surface area contributed by atoms with Gasteiger partial charge in [-0.05, 0) is 55.0 Å². The van der Waals surface area contributed by atoms with Gasteiger partial charge in [-0.25, -0.2) is 4.79 Å². The fraction of sp³-hybridized carbons (Fsp3) is 0.120. The van der Waals surface area contributed by atoms with Gasteiger partial charge in [-0.3, -0.25) is 4.79 Å². The highest BCUT2D eigenvalue weighted by molar-refractivity contribution is 7.17. The first-order valence-electron chi connectivity index (χ1n) is 10.1. The number of halogens is 3. The molecule has 0 fully saturated rings. The molecule has 0 aliphatic heterocycles. The normalized spacial score (nSPS) is 12.4. The highest BCUT2D eigenvalue weighted by Crippen LogP contribution is 2.38. The molecule has 0 spiro atoms. The second-order valence-electron chi connectivity index (χ2n) is 7.53. The predicted molar refractivity (Wildman–Crippen MR) is 123 cm³/mol. The van der Waals surface area contributed by atoms with Crippen LogP contribution in [0.1, 0.15) is 44.8 Å². The van der Waals surface area contributed by atoms with Crippen molar-refractivity contribution in [1.29, 1.82) is 0 Å². The Morgan fingerprint density at radius 2 is 1.74 bits per heavy atom. The summed E-state index contributed by atoms with van der Waals surface area (Å²) >= 11 is 1.32. The van der Waals surface area contributed by atoms with Crippen molar-refractivity contribution in [3.8, 4) is 11.5 Å². The Balaban J connectivity index is 1.60. The third-order valence-electron chi connectivity index (χ3n) is 5.20. The van der Waals surface area contributed by atoms with Gasteiger partial charge >= 0.3 is 12.1 Å². The van der Waals surface area contributed by atoms with Crippen LogP contribution in [0, 0.1) is 0 Å². The number of nitrogens with one attached hydrogen (secondary N) is 1. The van der Waals surface area contributed by atoms with E-state index in [2.05, 4.69) is 5.32 Å². The van der Waals surface area contributed by atoms with Crippen LogP contribution >= 0.6 is 11.3 Å². The Morgan fingerprint density at radius 1 is 1.03 bits per heavy atom. The number of benzene rings is 3. The Labute approximate surface area is 196 Å². The fourth-order valence-corrected chi connectivity index (χ4v) is 4.40. The number of hydrogen-bond acceptors (Lipinski definition) is 4. The Hall–Kier alpha value is -3.85. The molecule has 1 atom stereocenters. The van der Waals surface area contributed by atoms with Crippen LogP contribution in [0.25, 0.3) is 10.1 Å². The molecule has 0 saturated carbocycles. The second-order valence-corrected chi connectivity index (χ2v) is 8.44. The van der Waals surface area contributed by atoms with E-state index >= 15 is 0 Å². The summed E-state index contributed by atoms with van der Waals surface area (Å²) in [6.07, 6.45) is -4.50. The number of carboxylic acid groups (broad SMARTS) is 1. The summed E-state index contributed by atoms with van der Waals surface area (Å²) in [6.45, 7) is 1.77. The SMILES string of the molecule is CC(NC(=O)c1csc2cccc(Oc3cccc(C(F)(F)F)c3)c12)c1ccc(C(=O)O)cc1. The van der Waals surface area contributed by atoms with Gasteiger partial charge in [0.2, 0.25) is 0 Å². The van der Waals surface area contributed by atoms with Crippen LogP contribution < -0.4 is 10.1 Å². The standard InChI is InChI=1S/C25H18F3NO4S/c1-14(15-8-10-16(11-9-15)24(31)32)29-23(30)19-13-34-21-7-3-6-20(22(19)21)33-18-5-2-4-17(12-18)25(26,27)28/h2-14H,1H3,(H,29,30)(H,31,32). The van der Waals surface area contributed by atoms with Crippen molar-refractivity contribution >= 4 is 33.3 Å². The maximum absolute atomic E-state index is 13.1. The van der Waals surface area contributed by atoms with Crippen LogP contribution in [0.5, 0.6) is 11.5 Å². The van der Waals surface area contributed by atoms with E-state index in [1.54, 1.807) is 42.6 Å². The highest BCUT2D eigenvalue weighted by atomic mass is 32.1. The van der Waals surface area contributed by atoms with Gasteiger partial charge in [-0.15, -0.1) is 11.3 Å². The minimum Gasteiger partial charge on any atom is -0.478 e. The molecule has 3 aromatic carbocycles. The highest BCUT2D eigenvalue weighted by Gasteiger charge is 2.30. The molecule has 4 aromatic rings. The van der Waals surface area contributed by atoms with E-state index in [4.69, 9.17) is 9.84 Å². The van der Waals surface area contributed by atoms with Crippen LogP contribution in [0.15, 0.2) is 72.1 Å². The number of thiophene rings is 1. The van der Waals surface area contributed by atoms with Crippen LogP contribution in [0.4, 0.5) is 13.2 Å². The number of carbonyl (C=O) groups excluding carboxylic acids is 1. The number of carboxylic acids is 1. The Kier molecular flexibility index (Phi) is 6.30. The molecule has 5 nitrogen and oxygen atoms in total. The van der Waals surface area contributed by atoms with E-state index < -0.39 is 23.8 Å². The molecule has 0 radical (unpaired) electrons. The molecular formula is C25H18F3NO4S. The number of amides is 1. The molecule has 174 valence electrons. The van der Waals surface area contributed by atoms with Gasteiger partial charge in [0.1, 0.15) is 11.5 Å². The average molecular weight is 485 g/mol. The molecule has 0 bridgehead atoms. The van der Waals surface area contributed by atoms with E-state index in [9.17, 15) is 22.8 Å². The van der Waals surface area contributed by atoms with Crippen molar-refractivity contribution < 1.29 is 32.6 Å². The molecule has 0 saturated heterocycles. The van der Waals surface area contributed by atoms with Gasteiger partial charge in [0.25, 0.3) is 5.91 Å². The van der Waals surface area contributed by atoms with Gasteiger partial charge in [0.15, 0.2) is 0 Å². The summed E-state index contributed by atoms with van der Waals surface area (Å²) in [5, 5.41) is 14.1. The zero-order chi connectivity index (χ0) is 24.5. The second kappa shape index (κ2) is 9.18. The lowest BCUT2D eigenvalue weighted by atomic mass is 10.1. The molecule has 2 N–H and O–H groups in total.